The van der Waals surface area contributed by atoms with Crippen molar-refractivity contribution in [2.75, 3.05) is 13.2 Å². The van der Waals surface area contributed by atoms with Crippen LogP contribution in [-0.2, 0) is 82.7 Å². The van der Waals surface area contributed by atoms with Gasteiger partial charge in [0.25, 0.3) is 0 Å². The van der Waals surface area contributed by atoms with E-state index < -0.39 is 110 Å². The first-order valence-electron chi connectivity index (χ1n) is 14.9. The summed E-state index contributed by atoms with van der Waals surface area (Å²) in [5, 5.41) is 11.1. The Bertz CT molecular complexity index is 1280. The molecule has 48 heavy (non-hydrogen) atoms. The Balaban J connectivity index is 2.08. The monoisotopic (exact) mass is 684 g/mol. The van der Waals surface area contributed by atoms with Crippen molar-refractivity contribution in [3.63, 3.8) is 0 Å². The number of benzene rings is 1. The van der Waals surface area contributed by atoms with E-state index in [1.54, 1.807) is 30.3 Å². The molecule has 3 rings (SSSR count). The standard InChI is InChI=1S/C31H40O17/c1-15(32)39-13-22-24(42-17(3)34)26(44-19(5)36)28(30(38)46-22)48-31-29(41-12-21-10-8-7-9-11-21)27(45-20(6)37)25(43-18(4)35)23(47-31)14-40-16(2)33/h7-11,22-31,38H,12-14H2,1-6H3/t22-,23-,24-,25-,26+,27+,28-,29-,30-,31+/m1/s1. The van der Waals surface area contributed by atoms with Crippen molar-refractivity contribution in [2.45, 2.75) is 110 Å². The van der Waals surface area contributed by atoms with Gasteiger partial charge in [-0.25, -0.2) is 0 Å². The fourth-order valence-corrected chi connectivity index (χ4v) is 5.11. The van der Waals surface area contributed by atoms with Gasteiger partial charge in [0.15, 0.2) is 43.1 Å². The highest BCUT2D eigenvalue weighted by Crippen LogP contribution is 2.35. The quantitative estimate of drug-likeness (QED) is 0.218. The summed E-state index contributed by atoms with van der Waals surface area (Å²) >= 11 is 0. The van der Waals surface area contributed by atoms with E-state index in [1.807, 2.05) is 0 Å². The molecular weight excluding hydrogens is 644 g/mol. The van der Waals surface area contributed by atoms with E-state index in [1.165, 1.54) is 0 Å². The molecule has 2 heterocycles. The van der Waals surface area contributed by atoms with E-state index in [0.29, 0.717) is 5.56 Å². The van der Waals surface area contributed by atoms with E-state index in [4.69, 9.17) is 47.4 Å². The highest BCUT2D eigenvalue weighted by atomic mass is 16.8. The molecule has 17 heteroatoms. The van der Waals surface area contributed by atoms with Gasteiger partial charge in [0.1, 0.15) is 31.5 Å². The summed E-state index contributed by atoms with van der Waals surface area (Å²) in [4.78, 5) is 72.2. The van der Waals surface area contributed by atoms with E-state index in [-0.39, 0.29) is 6.61 Å². The molecule has 266 valence electrons. The molecule has 0 unspecified atom stereocenters. The molecule has 2 aliphatic rings. The predicted molar refractivity (Wildman–Crippen MR) is 155 cm³/mol. The van der Waals surface area contributed by atoms with E-state index in [0.717, 1.165) is 41.5 Å². The summed E-state index contributed by atoms with van der Waals surface area (Å²) in [6, 6.07) is 8.78. The average molecular weight is 685 g/mol. The number of esters is 6. The Hall–Kier alpha value is -4.16. The topological polar surface area (TPSA) is 215 Å². The van der Waals surface area contributed by atoms with Gasteiger partial charge in [0.05, 0.1) is 6.61 Å². The molecule has 0 aliphatic carbocycles. The van der Waals surface area contributed by atoms with Gasteiger partial charge in [-0.1, -0.05) is 30.3 Å². The van der Waals surface area contributed by atoms with Crippen LogP contribution < -0.4 is 0 Å². The molecule has 2 aliphatic heterocycles. The maximum absolute atomic E-state index is 12.4. The highest BCUT2D eigenvalue weighted by molar-refractivity contribution is 5.68. The second kappa shape index (κ2) is 17.8. The van der Waals surface area contributed by atoms with Crippen LogP contribution in [0.1, 0.15) is 47.1 Å². The summed E-state index contributed by atoms with van der Waals surface area (Å²) in [5.41, 5.74) is 0.672. The molecule has 0 radical (unpaired) electrons. The van der Waals surface area contributed by atoms with Crippen LogP contribution in [0.25, 0.3) is 0 Å². The minimum atomic E-state index is -1.93. The lowest BCUT2D eigenvalue weighted by atomic mass is 9.96. The smallest absolute Gasteiger partial charge is 0.303 e. The number of carbonyl (C=O) groups is 6. The lowest BCUT2D eigenvalue weighted by Gasteiger charge is -2.48. The number of ether oxygens (including phenoxy) is 10. The number of hydrogen-bond donors (Lipinski definition) is 1. The van der Waals surface area contributed by atoms with Crippen molar-refractivity contribution >= 4 is 35.8 Å². The zero-order valence-corrected chi connectivity index (χ0v) is 27.3. The van der Waals surface area contributed by atoms with Crippen LogP contribution >= 0.6 is 0 Å². The predicted octanol–water partition coefficient (Wildman–Crippen LogP) is 0.252. The van der Waals surface area contributed by atoms with Gasteiger partial charge in [0.2, 0.25) is 0 Å². The molecule has 1 aromatic rings. The van der Waals surface area contributed by atoms with Crippen LogP contribution in [0.15, 0.2) is 30.3 Å². The lowest BCUT2D eigenvalue weighted by Crippen LogP contribution is -2.66. The van der Waals surface area contributed by atoms with Crippen LogP contribution in [-0.4, -0.2) is 116 Å². The minimum absolute atomic E-state index is 0.106. The van der Waals surface area contributed by atoms with Crippen molar-refractivity contribution in [2.24, 2.45) is 0 Å². The van der Waals surface area contributed by atoms with E-state index in [9.17, 15) is 33.9 Å². The lowest BCUT2D eigenvalue weighted by molar-refractivity contribution is -0.367. The average Bonchev–Trinajstić information content (AvgIpc) is 2.98. The van der Waals surface area contributed by atoms with Gasteiger partial charge in [-0.3, -0.25) is 28.8 Å². The van der Waals surface area contributed by atoms with Crippen LogP contribution in [0.2, 0.25) is 0 Å². The number of aliphatic hydroxyl groups is 1. The van der Waals surface area contributed by atoms with Crippen molar-refractivity contribution in [1.82, 2.24) is 0 Å². The van der Waals surface area contributed by atoms with Crippen molar-refractivity contribution < 1.29 is 81.2 Å². The van der Waals surface area contributed by atoms with Gasteiger partial charge in [-0.15, -0.1) is 0 Å². The second-order valence-corrected chi connectivity index (χ2v) is 10.9. The Labute approximate surface area is 275 Å². The third-order valence-corrected chi connectivity index (χ3v) is 6.89. The summed E-state index contributed by atoms with van der Waals surface area (Å²) in [6.45, 7) is 5.49. The van der Waals surface area contributed by atoms with Gasteiger partial charge in [-0.2, -0.15) is 0 Å². The van der Waals surface area contributed by atoms with Crippen molar-refractivity contribution in [1.29, 1.82) is 0 Å². The molecular formula is C31H40O17. The molecule has 0 spiro atoms. The van der Waals surface area contributed by atoms with Gasteiger partial charge < -0.3 is 52.5 Å². The van der Waals surface area contributed by atoms with Gasteiger partial charge in [-0.05, 0) is 5.56 Å². The van der Waals surface area contributed by atoms with Gasteiger partial charge in [0, 0.05) is 41.5 Å². The van der Waals surface area contributed by atoms with E-state index in [2.05, 4.69) is 0 Å². The molecule has 1 aromatic carbocycles. The third kappa shape index (κ3) is 11.2. The zero-order chi connectivity index (χ0) is 35.5. The number of carbonyl (C=O) groups excluding carboxylic acids is 6. The molecule has 0 bridgehead atoms. The first-order chi connectivity index (χ1) is 22.7. The zero-order valence-electron chi connectivity index (χ0n) is 27.3. The number of hydrogen-bond acceptors (Lipinski definition) is 17. The van der Waals surface area contributed by atoms with Crippen molar-refractivity contribution in [3.05, 3.63) is 35.9 Å². The van der Waals surface area contributed by atoms with E-state index >= 15 is 0 Å². The van der Waals surface area contributed by atoms with Crippen LogP contribution in [0.3, 0.4) is 0 Å². The Morgan fingerprint density at radius 2 is 1.02 bits per heavy atom. The summed E-state index contributed by atoms with van der Waals surface area (Å²) in [6.07, 6.45) is -15.2. The fourth-order valence-electron chi connectivity index (χ4n) is 5.11. The van der Waals surface area contributed by atoms with Crippen LogP contribution in [0.4, 0.5) is 0 Å². The maximum Gasteiger partial charge on any atom is 0.303 e. The first kappa shape index (κ1) is 38.3. The minimum Gasteiger partial charge on any atom is -0.463 e. The largest absolute Gasteiger partial charge is 0.463 e. The molecule has 17 nitrogen and oxygen atoms in total. The fraction of sp³-hybridized carbons (Fsp3) is 0.613. The van der Waals surface area contributed by atoms with Crippen molar-refractivity contribution in [3.8, 4) is 0 Å². The SMILES string of the molecule is CC(=O)OC[C@H]1O[C@@H](O)[C@H](O[C@@H]2O[C@H](COC(C)=O)[C@@H](OC(C)=O)[C@H](OC(C)=O)[C@H]2OCc2ccccc2)[C@@H](OC(C)=O)[C@@H]1OC(C)=O. The Morgan fingerprint density at radius 1 is 0.583 bits per heavy atom. The van der Waals surface area contributed by atoms with Crippen LogP contribution in [0, 0.1) is 0 Å². The third-order valence-electron chi connectivity index (χ3n) is 6.89. The molecule has 1 N–H and O–H groups in total. The Kier molecular flexibility index (Phi) is 14.2. The normalized spacial score (nSPS) is 29.9. The molecule has 0 amide bonds. The molecule has 0 aromatic heterocycles. The molecule has 0 saturated carbocycles. The maximum atomic E-state index is 12.4. The number of aliphatic hydroxyl groups excluding tert-OH is 1. The van der Waals surface area contributed by atoms with Crippen LogP contribution in [0.5, 0.6) is 0 Å². The molecule has 2 fully saturated rings. The first-order valence-corrected chi connectivity index (χ1v) is 14.9. The van der Waals surface area contributed by atoms with Gasteiger partial charge >= 0.3 is 35.8 Å². The second-order valence-electron chi connectivity index (χ2n) is 10.9. The summed E-state index contributed by atoms with van der Waals surface area (Å²) in [7, 11) is 0. The summed E-state index contributed by atoms with van der Waals surface area (Å²) in [5.74, 6) is -4.71. The highest BCUT2D eigenvalue weighted by Gasteiger charge is 2.56. The molecule has 2 saturated heterocycles. The summed E-state index contributed by atoms with van der Waals surface area (Å²) < 4.78 is 56.1. The molecule has 10 atom stereocenters. The Morgan fingerprint density at radius 3 is 1.48 bits per heavy atom. The number of rotatable bonds is 13.